The molecule has 0 radical (unpaired) electrons. The molecule has 0 aromatic carbocycles. The molecule has 0 unspecified atom stereocenters. The van der Waals surface area contributed by atoms with E-state index in [2.05, 4.69) is 5.10 Å². The molecule has 0 bridgehead atoms. The first-order valence-electron chi connectivity index (χ1n) is 5.57. The fourth-order valence-electron chi connectivity index (χ4n) is 1.88. The highest BCUT2D eigenvalue weighted by molar-refractivity contribution is 5.86. The van der Waals surface area contributed by atoms with E-state index >= 15 is 0 Å². The Bertz CT molecular complexity index is 552. The summed E-state index contributed by atoms with van der Waals surface area (Å²) in [5, 5.41) is 13.3. The van der Waals surface area contributed by atoms with Crippen LogP contribution in [0.3, 0.4) is 0 Å². The fraction of sp³-hybridized carbons (Fsp3) is 0.333. The van der Waals surface area contributed by atoms with Crippen LogP contribution in [-0.4, -0.2) is 20.9 Å². The molecule has 0 saturated heterocycles. The quantitative estimate of drug-likeness (QED) is 0.876. The van der Waals surface area contributed by atoms with E-state index in [0.717, 1.165) is 5.69 Å². The van der Waals surface area contributed by atoms with Crippen molar-refractivity contribution in [1.29, 1.82) is 0 Å². The monoisotopic (exact) mass is 232 g/mol. The van der Waals surface area contributed by atoms with Crippen LogP contribution >= 0.6 is 0 Å². The van der Waals surface area contributed by atoms with Crippen LogP contribution in [0.25, 0.3) is 0 Å². The molecule has 1 aliphatic carbocycles. The smallest absolute Gasteiger partial charge is 0.372 e. The highest BCUT2D eigenvalue weighted by atomic mass is 16.4. The molecule has 1 aliphatic rings. The van der Waals surface area contributed by atoms with Gasteiger partial charge in [-0.1, -0.05) is 0 Å². The van der Waals surface area contributed by atoms with Gasteiger partial charge in [0.25, 0.3) is 0 Å². The van der Waals surface area contributed by atoms with E-state index in [4.69, 9.17) is 9.52 Å². The van der Waals surface area contributed by atoms with E-state index in [1.54, 1.807) is 10.7 Å². The van der Waals surface area contributed by atoms with E-state index in [9.17, 15) is 4.79 Å². The molecule has 1 saturated carbocycles. The number of carboxylic acids is 1. The largest absolute Gasteiger partial charge is 0.475 e. The van der Waals surface area contributed by atoms with Gasteiger partial charge in [0, 0.05) is 17.7 Å². The molecule has 2 aromatic heterocycles. The number of nitrogens with zero attached hydrogens (tertiary/aromatic N) is 2. The summed E-state index contributed by atoms with van der Waals surface area (Å²) in [5.41, 5.74) is 1.74. The molecule has 0 aliphatic heterocycles. The van der Waals surface area contributed by atoms with Crippen LogP contribution in [0, 0.1) is 0 Å². The highest BCUT2D eigenvalue weighted by Gasteiger charge is 2.26. The lowest BCUT2D eigenvalue weighted by Gasteiger charge is -1.99. The second-order valence-corrected chi connectivity index (χ2v) is 4.29. The van der Waals surface area contributed by atoms with Gasteiger partial charge < -0.3 is 9.52 Å². The van der Waals surface area contributed by atoms with Crippen molar-refractivity contribution >= 4 is 5.97 Å². The Morgan fingerprint density at radius 2 is 2.35 bits per heavy atom. The van der Waals surface area contributed by atoms with E-state index in [1.165, 1.54) is 19.1 Å². The second-order valence-electron chi connectivity index (χ2n) is 4.29. The molecule has 3 rings (SSSR count). The fourth-order valence-corrected chi connectivity index (χ4v) is 1.88. The zero-order valence-electron chi connectivity index (χ0n) is 9.17. The van der Waals surface area contributed by atoms with E-state index in [-0.39, 0.29) is 5.76 Å². The summed E-state index contributed by atoms with van der Waals surface area (Å²) in [6.07, 6.45) is 5.70. The zero-order valence-corrected chi connectivity index (χ0v) is 9.17. The van der Waals surface area contributed by atoms with Crippen molar-refractivity contribution in [2.24, 2.45) is 0 Å². The summed E-state index contributed by atoms with van der Waals surface area (Å²) in [5.74, 6) is -0.437. The molecule has 1 fully saturated rings. The molecule has 17 heavy (non-hydrogen) atoms. The molecular weight excluding hydrogens is 220 g/mol. The maximum absolute atomic E-state index is 10.9. The van der Waals surface area contributed by atoms with Crippen LogP contribution in [0.1, 0.15) is 40.6 Å². The molecule has 2 aromatic rings. The number of aromatic nitrogens is 2. The van der Waals surface area contributed by atoms with Gasteiger partial charge in [-0.15, -0.1) is 0 Å². The average Bonchev–Trinajstić information content (AvgIpc) is 2.87. The Morgan fingerprint density at radius 1 is 1.53 bits per heavy atom. The first-order valence-corrected chi connectivity index (χ1v) is 5.57. The van der Waals surface area contributed by atoms with Gasteiger partial charge in [0.2, 0.25) is 5.76 Å². The number of aromatic carboxylic acids is 1. The van der Waals surface area contributed by atoms with Crippen molar-refractivity contribution in [3.05, 3.63) is 41.6 Å². The summed E-state index contributed by atoms with van der Waals surface area (Å²) in [7, 11) is 0. The summed E-state index contributed by atoms with van der Waals surface area (Å²) < 4.78 is 6.68. The minimum absolute atomic E-state index is 0.00604. The first-order chi connectivity index (χ1) is 8.24. The first kappa shape index (κ1) is 10.1. The Morgan fingerprint density at radius 3 is 3.06 bits per heavy atom. The van der Waals surface area contributed by atoms with Crippen LogP contribution in [0.15, 0.2) is 29.0 Å². The molecule has 5 heteroatoms. The Labute approximate surface area is 97.7 Å². The topological polar surface area (TPSA) is 68.3 Å². The van der Waals surface area contributed by atoms with Gasteiger partial charge >= 0.3 is 5.97 Å². The number of carbonyl (C=O) groups is 1. The molecular formula is C12H12N2O3. The third-order valence-corrected chi connectivity index (χ3v) is 2.93. The molecule has 2 heterocycles. The lowest BCUT2D eigenvalue weighted by Crippen LogP contribution is -2.05. The van der Waals surface area contributed by atoms with Gasteiger partial charge in [-0.3, -0.25) is 4.68 Å². The van der Waals surface area contributed by atoms with Gasteiger partial charge in [-0.2, -0.15) is 5.10 Å². The Kier molecular flexibility index (Phi) is 2.24. The highest BCUT2D eigenvalue weighted by Crippen LogP contribution is 2.38. The second kappa shape index (κ2) is 3.76. The molecule has 5 nitrogen and oxygen atoms in total. The minimum Gasteiger partial charge on any atom is -0.475 e. The van der Waals surface area contributed by atoms with E-state index in [1.807, 2.05) is 12.3 Å². The van der Waals surface area contributed by atoms with Crippen LogP contribution in [-0.2, 0) is 6.54 Å². The molecule has 88 valence electrons. The molecule has 0 amide bonds. The number of hydrogen-bond donors (Lipinski definition) is 1. The average molecular weight is 232 g/mol. The number of furan rings is 1. The zero-order chi connectivity index (χ0) is 11.8. The summed E-state index contributed by atoms with van der Waals surface area (Å²) >= 11 is 0. The van der Waals surface area contributed by atoms with Crippen molar-refractivity contribution in [3.63, 3.8) is 0 Å². The Balaban J connectivity index is 1.80. The third kappa shape index (κ3) is 1.95. The third-order valence-electron chi connectivity index (χ3n) is 2.93. The molecule has 0 atom stereocenters. The van der Waals surface area contributed by atoms with Gasteiger partial charge in [-0.05, 0) is 25.0 Å². The van der Waals surface area contributed by atoms with Crippen molar-refractivity contribution in [3.8, 4) is 0 Å². The SMILES string of the molecule is O=C(O)c1occc1Cn1ccc(C2CC2)n1. The summed E-state index contributed by atoms with van der Waals surface area (Å²) in [4.78, 5) is 10.9. The number of carboxylic acid groups (broad SMARTS) is 1. The van der Waals surface area contributed by atoms with Crippen LogP contribution in [0.2, 0.25) is 0 Å². The number of rotatable bonds is 4. The standard InChI is InChI=1S/C12H12N2O3/c15-12(16)11-9(4-6-17-11)7-14-5-3-10(13-14)8-1-2-8/h3-6,8H,1-2,7H2,(H,15,16). The number of hydrogen-bond acceptors (Lipinski definition) is 3. The van der Waals surface area contributed by atoms with E-state index in [0.29, 0.717) is 18.0 Å². The maximum atomic E-state index is 10.9. The van der Waals surface area contributed by atoms with Gasteiger partial charge in [0.1, 0.15) is 0 Å². The van der Waals surface area contributed by atoms with Crippen molar-refractivity contribution in [1.82, 2.24) is 9.78 Å². The lowest BCUT2D eigenvalue weighted by atomic mass is 10.2. The predicted molar refractivity (Wildman–Crippen MR) is 59.0 cm³/mol. The van der Waals surface area contributed by atoms with Crippen molar-refractivity contribution in [2.45, 2.75) is 25.3 Å². The van der Waals surface area contributed by atoms with Crippen molar-refractivity contribution < 1.29 is 14.3 Å². The van der Waals surface area contributed by atoms with E-state index < -0.39 is 5.97 Å². The van der Waals surface area contributed by atoms with Gasteiger partial charge in [0.15, 0.2) is 0 Å². The Hall–Kier alpha value is -2.04. The van der Waals surface area contributed by atoms with Crippen LogP contribution in [0.5, 0.6) is 0 Å². The molecule has 1 N–H and O–H groups in total. The summed E-state index contributed by atoms with van der Waals surface area (Å²) in [6.45, 7) is 0.435. The maximum Gasteiger partial charge on any atom is 0.372 e. The van der Waals surface area contributed by atoms with Gasteiger partial charge in [-0.25, -0.2) is 4.79 Å². The summed E-state index contributed by atoms with van der Waals surface area (Å²) in [6, 6.07) is 3.67. The predicted octanol–water partition coefficient (Wildman–Crippen LogP) is 2.10. The van der Waals surface area contributed by atoms with Crippen molar-refractivity contribution in [2.75, 3.05) is 0 Å². The lowest BCUT2D eigenvalue weighted by molar-refractivity contribution is 0.0660. The van der Waals surface area contributed by atoms with Crippen LogP contribution < -0.4 is 0 Å². The van der Waals surface area contributed by atoms with Gasteiger partial charge in [0.05, 0.1) is 18.5 Å². The normalized spacial score (nSPS) is 15.1. The molecule has 0 spiro atoms. The van der Waals surface area contributed by atoms with Crippen LogP contribution in [0.4, 0.5) is 0 Å². The minimum atomic E-state index is -1.04.